The van der Waals surface area contributed by atoms with Crippen LogP contribution in [0.15, 0.2) is 53.5 Å². The minimum atomic E-state index is 0. The topological polar surface area (TPSA) is 49.3 Å². The molecule has 0 aromatic heterocycles. The third kappa shape index (κ3) is 7.14. The number of methoxy groups -OCH3 is 1. The fourth-order valence-corrected chi connectivity index (χ4v) is 3.52. The first-order chi connectivity index (χ1) is 14.2. The van der Waals surface area contributed by atoms with Gasteiger partial charge in [-0.1, -0.05) is 36.4 Å². The van der Waals surface area contributed by atoms with Crippen LogP contribution in [0.5, 0.6) is 5.75 Å². The van der Waals surface area contributed by atoms with E-state index < -0.39 is 0 Å². The SMILES string of the molecule is CN=C(NCc1ccccc1CN1CCOCC1)N(C)Cc1ccc(OC)cc1.I. The molecule has 2 aromatic carbocycles. The van der Waals surface area contributed by atoms with Gasteiger partial charge < -0.3 is 19.7 Å². The minimum Gasteiger partial charge on any atom is -0.497 e. The van der Waals surface area contributed by atoms with Gasteiger partial charge in [-0.15, -0.1) is 24.0 Å². The van der Waals surface area contributed by atoms with Crippen LogP contribution in [0.1, 0.15) is 16.7 Å². The van der Waals surface area contributed by atoms with Crippen LogP contribution in [0.3, 0.4) is 0 Å². The summed E-state index contributed by atoms with van der Waals surface area (Å²) < 4.78 is 10.7. The van der Waals surface area contributed by atoms with Crippen molar-refractivity contribution in [1.82, 2.24) is 15.1 Å². The number of hydrogen-bond acceptors (Lipinski definition) is 4. The third-order valence-electron chi connectivity index (χ3n) is 5.21. The van der Waals surface area contributed by atoms with E-state index in [-0.39, 0.29) is 24.0 Å². The van der Waals surface area contributed by atoms with E-state index in [0.717, 1.165) is 57.6 Å². The van der Waals surface area contributed by atoms with Gasteiger partial charge in [0.1, 0.15) is 5.75 Å². The van der Waals surface area contributed by atoms with E-state index >= 15 is 0 Å². The number of nitrogens with one attached hydrogen (secondary N) is 1. The summed E-state index contributed by atoms with van der Waals surface area (Å²) in [6.45, 7) is 6.12. The van der Waals surface area contributed by atoms with Crippen molar-refractivity contribution in [1.29, 1.82) is 0 Å². The largest absolute Gasteiger partial charge is 0.497 e. The molecule has 2 aromatic rings. The number of ether oxygens (including phenoxy) is 2. The quantitative estimate of drug-likeness (QED) is 0.342. The van der Waals surface area contributed by atoms with E-state index in [4.69, 9.17) is 9.47 Å². The smallest absolute Gasteiger partial charge is 0.193 e. The summed E-state index contributed by atoms with van der Waals surface area (Å²) in [5, 5.41) is 3.51. The molecule has 1 aliphatic rings. The summed E-state index contributed by atoms with van der Waals surface area (Å²) in [5.41, 5.74) is 3.87. The molecule has 0 amide bonds. The highest BCUT2D eigenvalue weighted by Crippen LogP contribution is 2.14. The maximum Gasteiger partial charge on any atom is 0.193 e. The van der Waals surface area contributed by atoms with Gasteiger partial charge in [-0.2, -0.15) is 0 Å². The van der Waals surface area contributed by atoms with Gasteiger partial charge in [0.15, 0.2) is 5.96 Å². The molecule has 1 fully saturated rings. The Hall–Kier alpha value is -1.84. The van der Waals surface area contributed by atoms with Gasteiger partial charge in [-0.05, 0) is 28.8 Å². The van der Waals surface area contributed by atoms with Crippen LogP contribution in [0.25, 0.3) is 0 Å². The van der Waals surface area contributed by atoms with Crippen LogP contribution >= 0.6 is 24.0 Å². The van der Waals surface area contributed by atoms with Crippen LogP contribution < -0.4 is 10.1 Å². The minimum absolute atomic E-state index is 0. The Morgan fingerprint density at radius 3 is 2.40 bits per heavy atom. The van der Waals surface area contributed by atoms with Gasteiger partial charge in [-0.3, -0.25) is 9.89 Å². The van der Waals surface area contributed by atoms with E-state index in [1.807, 2.05) is 19.2 Å². The number of guanidine groups is 1. The van der Waals surface area contributed by atoms with Crippen molar-refractivity contribution in [2.75, 3.05) is 47.5 Å². The molecule has 1 N–H and O–H groups in total. The van der Waals surface area contributed by atoms with Crippen molar-refractivity contribution >= 4 is 29.9 Å². The molecule has 6 nitrogen and oxygen atoms in total. The second-order valence-electron chi connectivity index (χ2n) is 7.26. The standard InChI is InChI=1S/C23H32N4O2.HI/c1-24-23(26(2)17-19-8-10-22(28-3)11-9-19)25-16-20-6-4-5-7-21(20)18-27-12-14-29-15-13-27;/h4-11H,12-18H2,1-3H3,(H,24,25);1H. The van der Waals surface area contributed by atoms with Gasteiger partial charge >= 0.3 is 0 Å². The van der Waals surface area contributed by atoms with E-state index in [0.29, 0.717) is 0 Å². The first kappa shape index (κ1) is 24.4. The number of halogens is 1. The summed E-state index contributed by atoms with van der Waals surface area (Å²) in [6.07, 6.45) is 0. The lowest BCUT2D eigenvalue weighted by molar-refractivity contribution is 0.0341. The lowest BCUT2D eigenvalue weighted by Crippen LogP contribution is -2.38. The third-order valence-corrected chi connectivity index (χ3v) is 5.21. The van der Waals surface area contributed by atoms with E-state index in [9.17, 15) is 0 Å². The van der Waals surface area contributed by atoms with Crippen LogP contribution in [0.4, 0.5) is 0 Å². The molecule has 0 spiro atoms. The summed E-state index contributed by atoms with van der Waals surface area (Å²) in [5.74, 6) is 1.75. The fraction of sp³-hybridized carbons (Fsp3) is 0.435. The van der Waals surface area contributed by atoms with E-state index in [2.05, 4.69) is 63.6 Å². The molecule has 1 saturated heterocycles. The first-order valence-electron chi connectivity index (χ1n) is 10.1. The Morgan fingerprint density at radius 2 is 1.77 bits per heavy atom. The van der Waals surface area contributed by atoms with E-state index in [1.165, 1.54) is 16.7 Å². The second-order valence-corrected chi connectivity index (χ2v) is 7.26. The van der Waals surface area contributed by atoms with Crippen LogP contribution in [0, 0.1) is 0 Å². The number of morpholine rings is 1. The molecule has 30 heavy (non-hydrogen) atoms. The average molecular weight is 524 g/mol. The number of rotatable bonds is 7. The number of hydrogen-bond donors (Lipinski definition) is 1. The van der Waals surface area contributed by atoms with Gasteiger partial charge in [0.25, 0.3) is 0 Å². The highest BCUT2D eigenvalue weighted by atomic mass is 127. The van der Waals surface area contributed by atoms with Gasteiger partial charge in [0, 0.05) is 46.8 Å². The lowest BCUT2D eigenvalue weighted by Gasteiger charge is -2.28. The Labute approximate surface area is 197 Å². The van der Waals surface area contributed by atoms with Crippen molar-refractivity contribution in [3.05, 3.63) is 65.2 Å². The van der Waals surface area contributed by atoms with Crippen molar-refractivity contribution in [2.45, 2.75) is 19.6 Å². The van der Waals surface area contributed by atoms with Gasteiger partial charge in [0.2, 0.25) is 0 Å². The normalized spacial score (nSPS) is 14.7. The highest BCUT2D eigenvalue weighted by molar-refractivity contribution is 14.0. The number of aliphatic imine (C=N–C) groups is 1. The maximum atomic E-state index is 5.47. The summed E-state index contributed by atoms with van der Waals surface area (Å²) >= 11 is 0. The monoisotopic (exact) mass is 524 g/mol. The molecule has 0 atom stereocenters. The van der Waals surface area contributed by atoms with Crippen LogP contribution in [-0.4, -0.2) is 63.3 Å². The first-order valence-corrected chi connectivity index (χ1v) is 10.1. The van der Waals surface area contributed by atoms with Gasteiger partial charge in [0.05, 0.1) is 20.3 Å². The molecule has 0 aliphatic carbocycles. The van der Waals surface area contributed by atoms with Crippen molar-refractivity contribution in [3.63, 3.8) is 0 Å². The number of benzene rings is 2. The molecule has 0 radical (unpaired) electrons. The van der Waals surface area contributed by atoms with Crippen molar-refractivity contribution < 1.29 is 9.47 Å². The van der Waals surface area contributed by atoms with Crippen LogP contribution in [0.2, 0.25) is 0 Å². The second kappa shape index (κ2) is 12.8. The molecule has 164 valence electrons. The summed E-state index contributed by atoms with van der Waals surface area (Å²) in [7, 11) is 5.56. The fourth-order valence-electron chi connectivity index (χ4n) is 3.52. The van der Waals surface area contributed by atoms with Gasteiger partial charge in [-0.25, -0.2) is 0 Å². The average Bonchev–Trinajstić information content (AvgIpc) is 2.76. The molecule has 0 saturated carbocycles. The highest BCUT2D eigenvalue weighted by Gasteiger charge is 2.13. The number of nitrogens with zero attached hydrogens (tertiary/aromatic N) is 3. The molecule has 1 heterocycles. The predicted molar refractivity (Wildman–Crippen MR) is 133 cm³/mol. The summed E-state index contributed by atoms with van der Waals surface area (Å²) in [4.78, 5) is 9.04. The van der Waals surface area contributed by atoms with Crippen molar-refractivity contribution in [3.8, 4) is 5.75 Å². The predicted octanol–water partition coefficient (Wildman–Crippen LogP) is 3.35. The Balaban J connectivity index is 0.00000320. The molecule has 3 rings (SSSR count). The molecular weight excluding hydrogens is 491 g/mol. The Morgan fingerprint density at radius 1 is 1.10 bits per heavy atom. The summed E-state index contributed by atoms with van der Waals surface area (Å²) in [6, 6.07) is 16.8. The Bertz CT molecular complexity index is 792. The maximum absolute atomic E-state index is 5.47. The van der Waals surface area contributed by atoms with Crippen LogP contribution in [-0.2, 0) is 24.4 Å². The van der Waals surface area contributed by atoms with E-state index in [1.54, 1.807) is 7.11 Å². The zero-order valence-electron chi connectivity index (χ0n) is 18.1. The zero-order valence-corrected chi connectivity index (χ0v) is 20.5. The zero-order chi connectivity index (χ0) is 20.5. The molecule has 1 aliphatic heterocycles. The van der Waals surface area contributed by atoms with Crippen molar-refractivity contribution in [2.24, 2.45) is 4.99 Å². The molecule has 0 bridgehead atoms. The molecule has 0 unspecified atom stereocenters. The lowest BCUT2D eigenvalue weighted by atomic mass is 10.1. The molecule has 7 heteroatoms. The molecular formula is C23H33IN4O2. The Kier molecular flexibility index (Phi) is 10.4.